The highest BCUT2D eigenvalue weighted by atomic mass is 16.2. The molecular formula is C11H21NO2. The Morgan fingerprint density at radius 2 is 1.36 bits per heavy atom. The third-order valence-electron chi connectivity index (χ3n) is 2.24. The number of unbranched alkanes of at least 4 members (excludes halogenated alkanes) is 7. The number of carbonyl (C=O) groups excluding carboxylic acids is 1. The number of hydrogen-bond acceptors (Lipinski definition) is 3. The van der Waals surface area contributed by atoms with Gasteiger partial charge in [-0.25, -0.2) is 9.79 Å². The Hall–Kier alpha value is -0.660. The summed E-state index contributed by atoms with van der Waals surface area (Å²) in [7, 11) is 0. The zero-order valence-electron chi connectivity index (χ0n) is 8.87. The quantitative estimate of drug-likeness (QED) is 0.334. The first-order valence-corrected chi connectivity index (χ1v) is 5.56. The molecule has 0 saturated carbocycles. The van der Waals surface area contributed by atoms with Gasteiger partial charge < -0.3 is 5.11 Å². The molecule has 14 heavy (non-hydrogen) atoms. The van der Waals surface area contributed by atoms with Crippen molar-refractivity contribution in [1.29, 1.82) is 0 Å². The lowest BCUT2D eigenvalue weighted by molar-refractivity contribution is 0.282. The van der Waals surface area contributed by atoms with Crippen LogP contribution in [0.15, 0.2) is 4.99 Å². The second kappa shape index (κ2) is 12.3. The summed E-state index contributed by atoms with van der Waals surface area (Å²) in [5.74, 6) is 0. The first kappa shape index (κ1) is 13.3. The summed E-state index contributed by atoms with van der Waals surface area (Å²) < 4.78 is 0. The minimum atomic E-state index is 0.323. The van der Waals surface area contributed by atoms with Crippen LogP contribution in [0.5, 0.6) is 0 Å². The number of hydrogen-bond donors (Lipinski definition) is 1. The normalized spacial score (nSPS) is 9.79. The summed E-state index contributed by atoms with van der Waals surface area (Å²) in [6, 6.07) is 0. The van der Waals surface area contributed by atoms with E-state index in [1.54, 1.807) is 6.08 Å². The van der Waals surface area contributed by atoms with Crippen LogP contribution in [0.2, 0.25) is 0 Å². The SMILES string of the molecule is O=C=NCCCCCCCCCCO. The third kappa shape index (κ3) is 11.3. The molecule has 1 N–H and O–H groups in total. The molecule has 82 valence electrons. The molecule has 0 spiro atoms. The Labute approximate surface area is 86.2 Å². The molecule has 0 aromatic rings. The average Bonchev–Trinajstić information content (AvgIpc) is 2.21. The monoisotopic (exact) mass is 199 g/mol. The number of rotatable bonds is 10. The van der Waals surface area contributed by atoms with Crippen molar-refractivity contribution in [2.75, 3.05) is 13.2 Å². The van der Waals surface area contributed by atoms with Gasteiger partial charge in [0.15, 0.2) is 0 Å². The van der Waals surface area contributed by atoms with Gasteiger partial charge in [0.2, 0.25) is 6.08 Å². The highest BCUT2D eigenvalue weighted by molar-refractivity contribution is 5.32. The van der Waals surface area contributed by atoms with Crippen LogP contribution in [0.4, 0.5) is 0 Å². The molecule has 0 bridgehead atoms. The van der Waals surface area contributed by atoms with Gasteiger partial charge in [0.1, 0.15) is 0 Å². The summed E-state index contributed by atoms with van der Waals surface area (Å²) in [5, 5.41) is 8.55. The van der Waals surface area contributed by atoms with E-state index in [9.17, 15) is 4.79 Å². The first-order chi connectivity index (χ1) is 6.91. The predicted molar refractivity (Wildman–Crippen MR) is 57.0 cm³/mol. The molecule has 0 saturated heterocycles. The molecule has 0 unspecified atom stereocenters. The maximum atomic E-state index is 9.73. The van der Waals surface area contributed by atoms with Crippen LogP contribution in [0.25, 0.3) is 0 Å². The second-order valence-electron chi connectivity index (χ2n) is 3.53. The molecule has 0 aromatic heterocycles. The summed E-state index contributed by atoms with van der Waals surface area (Å²) in [6.07, 6.45) is 10.8. The Balaban J connectivity index is 2.88. The molecule has 0 atom stereocenters. The summed E-state index contributed by atoms with van der Waals surface area (Å²) in [4.78, 5) is 13.2. The highest BCUT2D eigenvalue weighted by Crippen LogP contribution is 2.08. The number of nitrogens with zero attached hydrogens (tertiary/aromatic N) is 1. The molecular weight excluding hydrogens is 178 g/mol. The molecule has 0 aliphatic heterocycles. The smallest absolute Gasteiger partial charge is 0.234 e. The molecule has 0 aliphatic carbocycles. The minimum absolute atomic E-state index is 0.323. The number of aliphatic imine (C=N–C) groups is 1. The Morgan fingerprint density at radius 3 is 1.86 bits per heavy atom. The molecule has 0 fully saturated rings. The van der Waals surface area contributed by atoms with Crippen LogP contribution >= 0.6 is 0 Å². The molecule has 0 aromatic carbocycles. The molecule has 0 aliphatic rings. The summed E-state index contributed by atoms with van der Waals surface area (Å²) in [6.45, 7) is 0.956. The molecule has 0 amide bonds. The van der Waals surface area contributed by atoms with Crippen molar-refractivity contribution in [3.05, 3.63) is 0 Å². The maximum absolute atomic E-state index is 9.73. The van der Waals surface area contributed by atoms with E-state index in [2.05, 4.69) is 4.99 Å². The van der Waals surface area contributed by atoms with E-state index in [1.807, 2.05) is 0 Å². The minimum Gasteiger partial charge on any atom is -0.396 e. The average molecular weight is 199 g/mol. The van der Waals surface area contributed by atoms with Gasteiger partial charge in [0.25, 0.3) is 0 Å². The number of aliphatic hydroxyl groups excluding tert-OH is 1. The van der Waals surface area contributed by atoms with Crippen LogP contribution in [-0.4, -0.2) is 24.3 Å². The van der Waals surface area contributed by atoms with Gasteiger partial charge in [-0.15, -0.1) is 0 Å². The van der Waals surface area contributed by atoms with Crippen molar-refractivity contribution in [1.82, 2.24) is 0 Å². The van der Waals surface area contributed by atoms with Gasteiger partial charge in [-0.2, -0.15) is 0 Å². The van der Waals surface area contributed by atoms with E-state index in [0.717, 1.165) is 25.7 Å². The van der Waals surface area contributed by atoms with Crippen LogP contribution in [0, 0.1) is 0 Å². The van der Waals surface area contributed by atoms with Gasteiger partial charge in [-0.05, 0) is 12.8 Å². The van der Waals surface area contributed by atoms with Crippen LogP contribution in [0.1, 0.15) is 51.4 Å². The zero-order chi connectivity index (χ0) is 10.5. The lowest BCUT2D eigenvalue weighted by Gasteiger charge is -1.99. The Kier molecular flexibility index (Phi) is 11.8. The van der Waals surface area contributed by atoms with E-state index in [1.165, 1.54) is 25.7 Å². The summed E-state index contributed by atoms with van der Waals surface area (Å²) in [5.41, 5.74) is 0. The van der Waals surface area contributed by atoms with Gasteiger partial charge in [-0.1, -0.05) is 38.5 Å². The fourth-order valence-electron chi connectivity index (χ4n) is 1.41. The lowest BCUT2D eigenvalue weighted by atomic mass is 10.1. The molecule has 3 nitrogen and oxygen atoms in total. The fraction of sp³-hybridized carbons (Fsp3) is 0.909. The second-order valence-corrected chi connectivity index (χ2v) is 3.53. The number of isocyanates is 1. The third-order valence-corrected chi connectivity index (χ3v) is 2.24. The largest absolute Gasteiger partial charge is 0.396 e. The molecule has 3 heteroatoms. The summed E-state index contributed by atoms with van der Waals surface area (Å²) >= 11 is 0. The van der Waals surface area contributed by atoms with Gasteiger partial charge in [0, 0.05) is 6.61 Å². The van der Waals surface area contributed by atoms with Gasteiger partial charge >= 0.3 is 0 Å². The van der Waals surface area contributed by atoms with E-state index in [-0.39, 0.29) is 0 Å². The highest BCUT2D eigenvalue weighted by Gasteiger charge is 1.91. The van der Waals surface area contributed by atoms with Crippen LogP contribution < -0.4 is 0 Å². The van der Waals surface area contributed by atoms with E-state index >= 15 is 0 Å². The topological polar surface area (TPSA) is 49.7 Å². The standard InChI is InChI=1S/C11H21NO2/c13-10-8-6-4-2-1-3-5-7-9-12-11-14/h13H,1-10H2. The van der Waals surface area contributed by atoms with Crippen molar-refractivity contribution >= 4 is 6.08 Å². The Bertz CT molecular complexity index is 153. The van der Waals surface area contributed by atoms with Crippen LogP contribution in [0.3, 0.4) is 0 Å². The van der Waals surface area contributed by atoms with Crippen molar-refractivity contribution in [2.45, 2.75) is 51.4 Å². The van der Waals surface area contributed by atoms with E-state index in [0.29, 0.717) is 13.2 Å². The van der Waals surface area contributed by atoms with Crippen LogP contribution in [-0.2, 0) is 4.79 Å². The Morgan fingerprint density at radius 1 is 0.857 bits per heavy atom. The van der Waals surface area contributed by atoms with Gasteiger partial charge in [-0.3, -0.25) is 0 Å². The fourth-order valence-corrected chi connectivity index (χ4v) is 1.41. The van der Waals surface area contributed by atoms with E-state index < -0.39 is 0 Å². The van der Waals surface area contributed by atoms with Crippen molar-refractivity contribution < 1.29 is 9.90 Å². The maximum Gasteiger partial charge on any atom is 0.234 e. The van der Waals surface area contributed by atoms with E-state index in [4.69, 9.17) is 5.11 Å². The van der Waals surface area contributed by atoms with Crippen molar-refractivity contribution in [2.24, 2.45) is 4.99 Å². The van der Waals surface area contributed by atoms with Gasteiger partial charge in [0.05, 0.1) is 6.54 Å². The molecule has 0 heterocycles. The first-order valence-electron chi connectivity index (χ1n) is 5.56. The molecule has 0 radical (unpaired) electrons. The van der Waals surface area contributed by atoms with Crippen molar-refractivity contribution in [3.63, 3.8) is 0 Å². The predicted octanol–water partition coefficient (Wildman–Crippen LogP) is 2.44. The number of aliphatic hydroxyl groups is 1. The van der Waals surface area contributed by atoms with Crippen molar-refractivity contribution in [3.8, 4) is 0 Å². The zero-order valence-corrected chi connectivity index (χ0v) is 8.87. The molecule has 0 rings (SSSR count). The lowest BCUT2D eigenvalue weighted by Crippen LogP contribution is -1.85.